The molecule has 7 nitrogen and oxygen atoms in total. The van der Waals surface area contributed by atoms with Gasteiger partial charge in [0.2, 0.25) is 9.84 Å². The molecule has 3 aromatic rings. The van der Waals surface area contributed by atoms with E-state index in [2.05, 4.69) is 5.32 Å². The van der Waals surface area contributed by atoms with E-state index < -0.39 is 34.1 Å². The fourth-order valence-electron chi connectivity index (χ4n) is 3.84. The first-order chi connectivity index (χ1) is 16.3. The number of rotatable bonds is 7. The van der Waals surface area contributed by atoms with Gasteiger partial charge in [0.25, 0.3) is 5.91 Å². The van der Waals surface area contributed by atoms with Crippen LogP contribution in [0, 0.1) is 0 Å². The third kappa shape index (κ3) is 4.77. The van der Waals surface area contributed by atoms with Gasteiger partial charge in [-0.15, -0.1) is 0 Å². The molecule has 8 heteroatoms. The summed E-state index contributed by atoms with van der Waals surface area (Å²) in [5, 5.41) is 2.78. The maximum absolute atomic E-state index is 13.0. The summed E-state index contributed by atoms with van der Waals surface area (Å²) < 4.78 is 31.1. The summed E-state index contributed by atoms with van der Waals surface area (Å²) in [5.74, 6) is -1.73. The highest BCUT2D eigenvalue weighted by Gasteiger charge is 2.35. The maximum atomic E-state index is 13.0. The van der Waals surface area contributed by atoms with Crippen LogP contribution in [0.1, 0.15) is 45.2 Å². The summed E-state index contributed by atoms with van der Waals surface area (Å²) in [5.41, 5.74) is 1.21. The number of amides is 1. The van der Waals surface area contributed by atoms with Crippen LogP contribution in [-0.4, -0.2) is 38.7 Å². The third-order valence-electron chi connectivity index (χ3n) is 5.62. The molecular weight excluding hydrogens is 454 g/mol. The Morgan fingerprint density at radius 3 is 2.35 bits per heavy atom. The van der Waals surface area contributed by atoms with Gasteiger partial charge in [0.1, 0.15) is 0 Å². The van der Waals surface area contributed by atoms with Crippen molar-refractivity contribution in [1.82, 2.24) is 5.32 Å². The molecular formula is C26H23NO6S. The topological polar surface area (TPSA) is 107 Å². The lowest BCUT2D eigenvalue weighted by Gasteiger charge is -2.19. The third-order valence-corrected chi connectivity index (χ3v) is 7.48. The van der Waals surface area contributed by atoms with Crippen molar-refractivity contribution in [3.63, 3.8) is 0 Å². The Bertz CT molecular complexity index is 1370. The van der Waals surface area contributed by atoms with E-state index >= 15 is 0 Å². The van der Waals surface area contributed by atoms with Crippen molar-refractivity contribution in [3.8, 4) is 0 Å². The minimum Gasteiger partial charge on any atom is -0.452 e. The molecule has 34 heavy (non-hydrogen) atoms. The van der Waals surface area contributed by atoms with Gasteiger partial charge in [-0.25, -0.2) is 13.2 Å². The number of nitrogens with one attached hydrogen (secondary N) is 1. The first kappa shape index (κ1) is 23.4. The summed E-state index contributed by atoms with van der Waals surface area (Å²) in [6.45, 7) is 1.37. The molecule has 0 aliphatic carbocycles. The second-order valence-corrected chi connectivity index (χ2v) is 10.00. The number of fused-ring (bicyclic) bond motifs is 2. The number of esters is 1. The van der Waals surface area contributed by atoms with E-state index in [9.17, 15) is 22.8 Å². The molecule has 1 aliphatic heterocycles. The maximum Gasteiger partial charge on any atom is 0.338 e. The number of sulfone groups is 1. The molecule has 3 aromatic carbocycles. The number of ketones is 1. The molecule has 0 saturated carbocycles. The van der Waals surface area contributed by atoms with E-state index in [1.165, 1.54) is 35.9 Å². The normalized spacial score (nSPS) is 14.4. The van der Waals surface area contributed by atoms with Crippen LogP contribution < -0.4 is 5.32 Å². The van der Waals surface area contributed by atoms with Crippen molar-refractivity contribution in [3.05, 3.63) is 95.1 Å². The first-order valence-electron chi connectivity index (χ1n) is 10.8. The number of carbonyl (C=O) groups is 3. The standard InChI is InChI=1S/C26H23NO6S/c1-17(11-12-18-7-3-2-4-8-18)27-24(28)16-33-26(30)19-13-14-21-23(15-19)34(31,32)22-10-6-5-9-20(22)25(21)29/h2-10,13-15,17H,11-12,16H2,1H3,(H,27,28). The highest BCUT2D eigenvalue weighted by Crippen LogP contribution is 2.34. The molecule has 0 fully saturated rings. The lowest BCUT2D eigenvalue weighted by molar-refractivity contribution is -0.124. The quantitative estimate of drug-likeness (QED) is 0.409. The predicted octanol–water partition coefficient (Wildman–Crippen LogP) is 3.36. The smallest absolute Gasteiger partial charge is 0.338 e. The molecule has 0 bridgehead atoms. The van der Waals surface area contributed by atoms with Gasteiger partial charge in [-0.1, -0.05) is 42.5 Å². The Morgan fingerprint density at radius 1 is 0.912 bits per heavy atom. The number of hydrogen-bond acceptors (Lipinski definition) is 6. The SMILES string of the molecule is CC(CCc1ccccc1)NC(=O)COC(=O)c1ccc2c(c1)S(=O)(=O)c1ccccc1C2=O. The highest BCUT2D eigenvalue weighted by atomic mass is 32.2. The molecule has 1 heterocycles. The van der Waals surface area contributed by atoms with Crippen LogP contribution in [0.5, 0.6) is 0 Å². The Labute approximate surface area is 197 Å². The van der Waals surface area contributed by atoms with Gasteiger partial charge in [-0.05, 0) is 55.7 Å². The summed E-state index contributed by atoms with van der Waals surface area (Å²) in [7, 11) is -3.97. The second-order valence-electron chi connectivity index (χ2n) is 8.11. The molecule has 0 radical (unpaired) electrons. The van der Waals surface area contributed by atoms with E-state index in [0.717, 1.165) is 18.9 Å². The molecule has 4 rings (SSSR count). The van der Waals surface area contributed by atoms with Gasteiger partial charge >= 0.3 is 5.97 Å². The van der Waals surface area contributed by atoms with E-state index in [1.807, 2.05) is 37.3 Å². The minimum absolute atomic E-state index is 0.000217. The van der Waals surface area contributed by atoms with Crippen molar-refractivity contribution in [2.45, 2.75) is 35.6 Å². The van der Waals surface area contributed by atoms with Crippen molar-refractivity contribution in [2.24, 2.45) is 0 Å². The zero-order chi connectivity index (χ0) is 24.3. The average Bonchev–Trinajstić information content (AvgIpc) is 2.85. The van der Waals surface area contributed by atoms with Gasteiger partial charge in [0.05, 0.1) is 15.4 Å². The summed E-state index contributed by atoms with van der Waals surface area (Å²) in [6, 6.07) is 19.5. The van der Waals surface area contributed by atoms with E-state index in [0.29, 0.717) is 0 Å². The Balaban J connectivity index is 1.38. The van der Waals surface area contributed by atoms with Crippen molar-refractivity contribution >= 4 is 27.5 Å². The van der Waals surface area contributed by atoms with Gasteiger partial charge < -0.3 is 10.1 Å². The van der Waals surface area contributed by atoms with Crippen molar-refractivity contribution in [2.75, 3.05) is 6.61 Å². The Morgan fingerprint density at radius 2 is 1.59 bits per heavy atom. The second kappa shape index (κ2) is 9.61. The lowest BCUT2D eigenvalue weighted by atomic mass is 10.0. The monoisotopic (exact) mass is 477 g/mol. The molecule has 1 aliphatic rings. The minimum atomic E-state index is -3.97. The summed E-state index contributed by atoms with van der Waals surface area (Å²) >= 11 is 0. The van der Waals surface area contributed by atoms with Crippen LogP contribution in [0.2, 0.25) is 0 Å². The molecule has 174 valence electrons. The molecule has 1 amide bonds. The molecule has 0 aromatic heterocycles. The van der Waals surface area contributed by atoms with Gasteiger partial charge in [0, 0.05) is 17.2 Å². The Kier molecular flexibility index (Phi) is 6.61. The van der Waals surface area contributed by atoms with Crippen LogP contribution >= 0.6 is 0 Å². The average molecular weight is 478 g/mol. The molecule has 1 unspecified atom stereocenters. The van der Waals surface area contributed by atoms with Crippen LogP contribution in [-0.2, 0) is 25.8 Å². The highest BCUT2D eigenvalue weighted by molar-refractivity contribution is 7.91. The van der Waals surface area contributed by atoms with Crippen molar-refractivity contribution < 1.29 is 27.5 Å². The number of carbonyl (C=O) groups excluding carboxylic acids is 3. The molecule has 1 N–H and O–H groups in total. The number of benzene rings is 3. The van der Waals surface area contributed by atoms with E-state index in [-0.39, 0.29) is 32.5 Å². The van der Waals surface area contributed by atoms with Crippen LogP contribution in [0.4, 0.5) is 0 Å². The molecule has 1 atom stereocenters. The van der Waals surface area contributed by atoms with E-state index in [4.69, 9.17) is 4.74 Å². The van der Waals surface area contributed by atoms with E-state index in [1.54, 1.807) is 6.07 Å². The zero-order valence-corrected chi connectivity index (χ0v) is 19.3. The summed E-state index contributed by atoms with van der Waals surface area (Å²) in [6.07, 6.45) is 1.52. The predicted molar refractivity (Wildman–Crippen MR) is 124 cm³/mol. The lowest BCUT2D eigenvalue weighted by Crippen LogP contribution is -2.36. The van der Waals surface area contributed by atoms with Crippen LogP contribution in [0.15, 0.2) is 82.6 Å². The van der Waals surface area contributed by atoms with Crippen LogP contribution in [0.25, 0.3) is 0 Å². The molecule has 0 spiro atoms. The Hall–Kier alpha value is -3.78. The van der Waals surface area contributed by atoms with Crippen molar-refractivity contribution in [1.29, 1.82) is 0 Å². The summed E-state index contributed by atoms with van der Waals surface area (Å²) in [4.78, 5) is 37.0. The number of aryl methyl sites for hydroxylation is 1. The number of ether oxygens (including phenoxy) is 1. The number of hydrogen-bond donors (Lipinski definition) is 1. The van der Waals surface area contributed by atoms with Gasteiger partial charge in [-0.3, -0.25) is 9.59 Å². The molecule has 0 saturated heterocycles. The fraction of sp³-hybridized carbons (Fsp3) is 0.192. The first-order valence-corrected chi connectivity index (χ1v) is 12.3. The van der Waals surface area contributed by atoms with Gasteiger partial charge in [-0.2, -0.15) is 0 Å². The zero-order valence-electron chi connectivity index (χ0n) is 18.5. The van der Waals surface area contributed by atoms with Crippen LogP contribution in [0.3, 0.4) is 0 Å². The van der Waals surface area contributed by atoms with Gasteiger partial charge in [0.15, 0.2) is 12.4 Å². The largest absolute Gasteiger partial charge is 0.452 e. The fourth-order valence-corrected chi connectivity index (χ4v) is 5.52.